The molecular formula is C21H17ClFNO5. The number of hydrogen-bond donors (Lipinski definition) is 1. The quantitative estimate of drug-likeness (QED) is 0.601. The molecule has 0 saturated carbocycles. The molecule has 3 rings (SSSR count). The number of rotatable bonds is 6. The van der Waals surface area contributed by atoms with E-state index in [0.29, 0.717) is 5.52 Å². The average molecular weight is 418 g/mol. The third-order valence-electron chi connectivity index (χ3n) is 4.45. The molecule has 2 aromatic carbocycles. The number of ketones is 2. The molecule has 0 aliphatic carbocycles. The average Bonchev–Trinajstić information content (AvgIpc) is 2.67. The van der Waals surface area contributed by atoms with E-state index in [1.54, 1.807) is 0 Å². The van der Waals surface area contributed by atoms with Gasteiger partial charge in [0.05, 0.1) is 5.52 Å². The molecule has 0 unspecified atom stereocenters. The number of carbonyl (C=O) groups is 2. The predicted octanol–water partition coefficient (Wildman–Crippen LogP) is 4.38. The molecule has 0 aliphatic heterocycles. The van der Waals surface area contributed by atoms with Gasteiger partial charge >= 0.3 is 0 Å². The van der Waals surface area contributed by atoms with Gasteiger partial charge in [0.2, 0.25) is 0 Å². The number of ether oxygens (including phenoxy) is 1. The third-order valence-corrected chi connectivity index (χ3v) is 4.68. The molecule has 0 spiro atoms. The number of carbonyl (C=O) groups excluding carboxylic acids is 2. The van der Waals surface area contributed by atoms with Crippen molar-refractivity contribution in [2.24, 2.45) is 7.05 Å². The van der Waals surface area contributed by atoms with Gasteiger partial charge in [0.25, 0.3) is 5.56 Å². The Balaban J connectivity index is 2.05. The number of nitrogens with zero attached hydrogens (tertiary/aromatic N) is 1. The van der Waals surface area contributed by atoms with E-state index in [0.717, 1.165) is 6.07 Å². The molecular weight excluding hydrogens is 401 g/mol. The lowest BCUT2D eigenvalue weighted by Crippen LogP contribution is -2.25. The summed E-state index contributed by atoms with van der Waals surface area (Å²) in [5, 5.41) is 11.0. The van der Waals surface area contributed by atoms with Gasteiger partial charge in [-0.3, -0.25) is 9.59 Å². The van der Waals surface area contributed by atoms with Gasteiger partial charge in [-0.05, 0) is 37.3 Å². The second-order valence-corrected chi connectivity index (χ2v) is 7.01. The first kappa shape index (κ1) is 20.5. The van der Waals surface area contributed by atoms with Crippen molar-refractivity contribution >= 4 is 34.1 Å². The summed E-state index contributed by atoms with van der Waals surface area (Å²) in [5.41, 5.74) is -0.764. The number of fused-ring (bicyclic) bond motifs is 1. The summed E-state index contributed by atoms with van der Waals surface area (Å²) in [6.45, 7) is 1.34. The van der Waals surface area contributed by atoms with E-state index in [4.69, 9.17) is 16.3 Å². The fourth-order valence-electron chi connectivity index (χ4n) is 2.92. The van der Waals surface area contributed by atoms with Crippen LogP contribution < -0.4 is 10.3 Å². The Bertz CT molecular complexity index is 1200. The molecule has 0 atom stereocenters. The molecule has 0 bridgehead atoms. The van der Waals surface area contributed by atoms with Gasteiger partial charge in [0.1, 0.15) is 22.8 Å². The van der Waals surface area contributed by atoms with E-state index in [-0.39, 0.29) is 46.1 Å². The summed E-state index contributed by atoms with van der Waals surface area (Å²) >= 11 is 5.73. The van der Waals surface area contributed by atoms with E-state index in [1.807, 2.05) is 0 Å². The maximum atomic E-state index is 14.0. The monoisotopic (exact) mass is 417 g/mol. The molecule has 0 aliphatic rings. The molecule has 150 valence electrons. The Morgan fingerprint density at radius 2 is 1.90 bits per heavy atom. The molecule has 0 saturated heterocycles. The maximum Gasteiger partial charge on any atom is 0.265 e. The van der Waals surface area contributed by atoms with Crippen molar-refractivity contribution in [1.29, 1.82) is 0 Å². The summed E-state index contributed by atoms with van der Waals surface area (Å²) in [6, 6.07) is 8.35. The van der Waals surface area contributed by atoms with Crippen LogP contribution in [0, 0.1) is 5.82 Å². The summed E-state index contributed by atoms with van der Waals surface area (Å²) in [4.78, 5) is 36.1. The van der Waals surface area contributed by atoms with Crippen LogP contribution in [0.4, 0.5) is 4.39 Å². The van der Waals surface area contributed by atoms with Crippen LogP contribution in [0.3, 0.4) is 0 Å². The zero-order valence-corrected chi connectivity index (χ0v) is 16.4. The van der Waals surface area contributed by atoms with Crippen molar-refractivity contribution in [3.05, 3.63) is 63.2 Å². The van der Waals surface area contributed by atoms with E-state index in [9.17, 15) is 23.9 Å². The Hall–Kier alpha value is -3.19. The standard InChI is InChI=1S/C21H17ClFNO5/c1-11(25)3-7-17(26)19-20(27)14-6-5-13(10-16(14)24(2)21(19)28)29-18-8-4-12(22)9-15(18)23/h4-6,8-10,27H,3,7H2,1-2H3. The molecule has 0 radical (unpaired) electrons. The molecule has 6 nitrogen and oxygen atoms in total. The first-order chi connectivity index (χ1) is 13.7. The largest absolute Gasteiger partial charge is 0.506 e. The number of halogens is 2. The highest BCUT2D eigenvalue weighted by Crippen LogP contribution is 2.32. The van der Waals surface area contributed by atoms with Gasteiger partial charge < -0.3 is 19.2 Å². The minimum atomic E-state index is -0.696. The van der Waals surface area contributed by atoms with Crippen molar-refractivity contribution in [1.82, 2.24) is 4.57 Å². The fourth-order valence-corrected chi connectivity index (χ4v) is 3.08. The maximum absolute atomic E-state index is 14.0. The zero-order chi connectivity index (χ0) is 21.3. The number of Topliss-reactive ketones (excluding diaryl/α,β-unsaturated/α-hetero) is 2. The van der Waals surface area contributed by atoms with Gasteiger partial charge in [-0.1, -0.05) is 11.6 Å². The lowest BCUT2D eigenvalue weighted by atomic mass is 10.0. The lowest BCUT2D eigenvalue weighted by Gasteiger charge is -2.13. The van der Waals surface area contributed by atoms with Crippen LogP contribution >= 0.6 is 11.6 Å². The number of aryl methyl sites for hydroxylation is 1. The fraction of sp³-hybridized carbons (Fsp3) is 0.190. The highest BCUT2D eigenvalue weighted by molar-refractivity contribution is 6.30. The third kappa shape index (κ3) is 4.14. The van der Waals surface area contributed by atoms with Crippen molar-refractivity contribution in [3.8, 4) is 17.2 Å². The second kappa shape index (κ2) is 8.05. The first-order valence-electron chi connectivity index (χ1n) is 8.70. The Morgan fingerprint density at radius 3 is 2.55 bits per heavy atom. The number of hydrogen-bond acceptors (Lipinski definition) is 5. The van der Waals surface area contributed by atoms with Crippen molar-refractivity contribution < 1.29 is 23.8 Å². The van der Waals surface area contributed by atoms with Gasteiger partial charge in [0.15, 0.2) is 17.3 Å². The van der Waals surface area contributed by atoms with Gasteiger partial charge in [-0.15, -0.1) is 0 Å². The Morgan fingerprint density at radius 1 is 1.17 bits per heavy atom. The van der Waals surface area contributed by atoms with Crippen LogP contribution in [0.2, 0.25) is 5.02 Å². The highest BCUT2D eigenvalue weighted by atomic mass is 35.5. The topological polar surface area (TPSA) is 85.6 Å². The van der Waals surface area contributed by atoms with Crippen LogP contribution in [0.25, 0.3) is 10.9 Å². The van der Waals surface area contributed by atoms with Gasteiger partial charge in [-0.2, -0.15) is 0 Å². The van der Waals surface area contributed by atoms with Crippen molar-refractivity contribution in [2.45, 2.75) is 19.8 Å². The molecule has 1 N–H and O–H groups in total. The molecule has 1 aromatic heterocycles. The molecule has 0 amide bonds. The van der Waals surface area contributed by atoms with Gasteiger partial charge in [0, 0.05) is 36.4 Å². The van der Waals surface area contributed by atoms with Crippen LogP contribution in [0.1, 0.15) is 30.1 Å². The number of aromatic nitrogens is 1. The second-order valence-electron chi connectivity index (χ2n) is 6.57. The van der Waals surface area contributed by atoms with E-state index < -0.39 is 22.9 Å². The summed E-state index contributed by atoms with van der Waals surface area (Å²) in [7, 11) is 1.44. The molecule has 8 heteroatoms. The molecule has 0 fully saturated rings. The van der Waals surface area contributed by atoms with Crippen LogP contribution in [-0.4, -0.2) is 21.2 Å². The predicted molar refractivity (Wildman–Crippen MR) is 107 cm³/mol. The van der Waals surface area contributed by atoms with Crippen LogP contribution in [0.5, 0.6) is 17.2 Å². The van der Waals surface area contributed by atoms with Crippen LogP contribution in [-0.2, 0) is 11.8 Å². The number of pyridine rings is 1. The minimum absolute atomic E-state index is 0.0150. The highest BCUT2D eigenvalue weighted by Gasteiger charge is 2.21. The van der Waals surface area contributed by atoms with E-state index >= 15 is 0 Å². The Labute approximate surface area is 170 Å². The smallest absolute Gasteiger partial charge is 0.265 e. The zero-order valence-electron chi connectivity index (χ0n) is 15.7. The molecule has 1 heterocycles. The summed E-state index contributed by atoms with van der Waals surface area (Å²) in [6.07, 6.45) is -0.181. The van der Waals surface area contributed by atoms with Crippen LogP contribution in [0.15, 0.2) is 41.2 Å². The summed E-state index contributed by atoms with van der Waals surface area (Å²) in [5.74, 6) is -1.74. The minimum Gasteiger partial charge on any atom is -0.506 e. The first-order valence-corrected chi connectivity index (χ1v) is 9.08. The van der Waals surface area contributed by atoms with Crippen molar-refractivity contribution in [2.75, 3.05) is 0 Å². The molecule has 3 aromatic rings. The lowest BCUT2D eigenvalue weighted by molar-refractivity contribution is -0.116. The molecule has 29 heavy (non-hydrogen) atoms. The SMILES string of the molecule is CC(=O)CCC(=O)c1c(O)c2ccc(Oc3ccc(Cl)cc3F)cc2n(C)c1=O. The van der Waals surface area contributed by atoms with E-state index in [2.05, 4.69) is 0 Å². The van der Waals surface area contributed by atoms with E-state index in [1.165, 1.54) is 48.9 Å². The normalized spacial score (nSPS) is 10.9. The summed E-state index contributed by atoms with van der Waals surface area (Å²) < 4.78 is 20.7. The van der Waals surface area contributed by atoms with Crippen molar-refractivity contribution in [3.63, 3.8) is 0 Å². The number of aromatic hydroxyl groups is 1. The number of benzene rings is 2. The van der Waals surface area contributed by atoms with Gasteiger partial charge in [-0.25, -0.2) is 4.39 Å². The Kier molecular flexibility index (Phi) is 5.70.